The zero-order chi connectivity index (χ0) is 20.9. The number of quaternary nitrogens is 1. The number of piperidine rings is 1. The van der Waals surface area contributed by atoms with Gasteiger partial charge >= 0.3 is 0 Å². The summed E-state index contributed by atoms with van der Waals surface area (Å²) in [6.07, 6.45) is 1.49. The van der Waals surface area contributed by atoms with Crippen molar-refractivity contribution < 1.29 is 28.4 Å². The molecule has 3 N–H and O–H groups in total. The summed E-state index contributed by atoms with van der Waals surface area (Å²) in [6, 6.07) is 11.3. The van der Waals surface area contributed by atoms with Gasteiger partial charge in [-0.05, 0) is 24.3 Å². The van der Waals surface area contributed by atoms with Crippen LogP contribution in [0.1, 0.15) is 23.2 Å². The molecule has 0 radical (unpaired) electrons. The number of hydrogen-bond acceptors (Lipinski definition) is 4. The van der Waals surface area contributed by atoms with Crippen molar-refractivity contribution in [1.82, 2.24) is 5.32 Å². The summed E-state index contributed by atoms with van der Waals surface area (Å²) in [5.74, 6) is 0.337. The fourth-order valence-corrected chi connectivity index (χ4v) is 3.81. The molecule has 2 aliphatic heterocycles. The fourth-order valence-electron chi connectivity index (χ4n) is 3.81. The van der Waals surface area contributed by atoms with Crippen LogP contribution in [0.5, 0.6) is 11.5 Å². The maximum absolute atomic E-state index is 13.7. The Bertz CT molecular complexity index is 928. The average molecular weight is 414 g/mol. The van der Waals surface area contributed by atoms with Gasteiger partial charge in [-0.1, -0.05) is 12.1 Å². The van der Waals surface area contributed by atoms with Gasteiger partial charge < -0.3 is 25.0 Å². The maximum atomic E-state index is 13.7. The van der Waals surface area contributed by atoms with Crippen molar-refractivity contribution in [2.24, 2.45) is 0 Å². The number of ether oxygens (including phenoxy) is 2. The van der Waals surface area contributed by atoms with Crippen molar-refractivity contribution in [3.05, 3.63) is 53.8 Å². The molecule has 30 heavy (non-hydrogen) atoms. The molecule has 2 amide bonds. The smallest absolute Gasteiger partial charge is 0.279 e. The Morgan fingerprint density at radius 2 is 1.77 bits per heavy atom. The third-order valence-corrected chi connectivity index (χ3v) is 5.38. The molecule has 158 valence electrons. The number of carbonyl (C=O) groups excluding carboxylic acids is 2. The molecule has 0 atom stereocenters. The van der Waals surface area contributed by atoms with E-state index in [1.54, 1.807) is 30.3 Å². The van der Waals surface area contributed by atoms with Crippen molar-refractivity contribution >= 4 is 17.5 Å². The Morgan fingerprint density at radius 1 is 1.03 bits per heavy atom. The van der Waals surface area contributed by atoms with Gasteiger partial charge in [0.05, 0.1) is 18.7 Å². The number of amides is 2. The van der Waals surface area contributed by atoms with Crippen LogP contribution in [0.15, 0.2) is 42.5 Å². The molecular formula is C22H25FN3O4+. The number of nitrogens with one attached hydrogen (secondary N) is 3. The molecule has 2 aromatic rings. The highest BCUT2D eigenvalue weighted by atomic mass is 19.1. The van der Waals surface area contributed by atoms with E-state index < -0.39 is 11.7 Å². The Balaban J connectivity index is 1.23. The first-order chi connectivity index (χ1) is 14.6. The van der Waals surface area contributed by atoms with Crippen LogP contribution in [0.4, 0.5) is 10.1 Å². The third-order valence-electron chi connectivity index (χ3n) is 5.38. The summed E-state index contributed by atoms with van der Waals surface area (Å²) in [7, 11) is 0. The quantitative estimate of drug-likeness (QED) is 0.682. The normalized spacial score (nSPS) is 20.3. The molecule has 1 saturated heterocycles. The van der Waals surface area contributed by atoms with Crippen LogP contribution < -0.4 is 25.0 Å². The molecular weight excluding hydrogens is 389 g/mol. The molecule has 4 rings (SSSR count). The lowest BCUT2D eigenvalue weighted by molar-refractivity contribution is -0.897. The van der Waals surface area contributed by atoms with Crippen LogP contribution in [-0.4, -0.2) is 50.7 Å². The summed E-state index contributed by atoms with van der Waals surface area (Å²) in [5, 5.41) is 5.80. The van der Waals surface area contributed by atoms with Crippen molar-refractivity contribution in [2.75, 3.05) is 38.2 Å². The molecule has 0 unspecified atom stereocenters. The van der Waals surface area contributed by atoms with Crippen molar-refractivity contribution in [1.29, 1.82) is 0 Å². The largest absolute Gasteiger partial charge is 0.486 e. The summed E-state index contributed by atoms with van der Waals surface area (Å²) in [4.78, 5) is 25.8. The molecule has 0 bridgehead atoms. The van der Waals surface area contributed by atoms with E-state index in [9.17, 15) is 14.0 Å². The number of rotatable bonds is 5. The number of hydrogen-bond donors (Lipinski definition) is 3. The lowest BCUT2D eigenvalue weighted by Crippen LogP contribution is -3.14. The maximum Gasteiger partial charge on any atom is 0.279 e. The van der Waals surface area contributed by atoms with Gasteiger partial charge in [0.2, 0.25) is 0 Å². The molecule has 1 fully saturated rings. The Kier molecular flexibility index (Phi) is 6.13. The Hall–Kier alpha value is -3.13. The minimum absolute atomic E-state index is 0.0123. The number of anilines is 1. The predicted octanol–water partition coefficient (Wildman–Crippen LogP) is 1.01. The lowest BCUT2D eigenvalue weighted by atomic mass is 10.0. The van der Waals surface area contributed by atoms with E-state index in [-0.39, 0.29) is 17.5 Å². The third kappa shape index (κ3) is 4.88. The van der Waals surface area contributed by atoms with Gasteiger partial charge in [0, 0.05) is 30.6 Å². The highest BCUT2D eigenvalue weighted by Crippen LogP contribution is 2.32. The topological polar surface area (TPSA) is 81.1 Å². The van der Waals surface area contributed by atoms with E-state index in [1.165, 1.54) is 12.1 Å². The SMILES string of the molecule is O=C(C[NH+]1CCC(NC(=O)c2ccccc2F)CC1)Nc1ccc2c(c1)OCCO2. The van der Waals surface area contributed by atoms with Crippen LogP contribution in [0.2, 0.25) is 0 Å². The van der Waals surface area contributed by atoms with E-state index >= 15 is 0 Å². The van der Waals surface area contributed by atoms with Crippen LogP contribution >= 0.6 is 0 Å². The number of fused-ring (bicyclic) bond motifs is 1. The number of carbonyl (C=O) groups is 2. The Morgan fingerprint density at radius 3 is 2.53 bits per heavy atom. The molecule has 2 heterocycles. The van der Waals surface area contributed by atoms with Crippen molar-refractivity contribution in [3.8, 4) is 11.5 Å². The first-order valence-electron chi connectivity index (χ1n) is 10.2. The van der Waals surface area contributed by atoms with Crippen LogP contribution in [0.3, 0.4) is 0 Å². The first-order valence-corrected chi connectivity index (χ1v) is 10.2. The van der Waals surface area contributed by atoms with Gasteiger partial charge in [0.1, 0.15) is 19.0 Å². The second kappa shape index (κ2) is 9.13. The van der Waals surface area contributed by atoms with E-state index in [0.717, 1.165) is 30.8 Å². The van der Waals surface area contributed by atoms with Gasteiger partial charge in [-0.15, -0.1) is 0 Å². The second-order valence-electron chi connectivity index (χ2n) is 7.56. The fraction of sp³-hybridized carbons (Fsp3) is 0.364. The molecule has 8 heteroatoms. The summed E-state index contributed by atoms with van der Waals surface area (Å²) in [5.41, 5.74) is 0.738. The van der Waals surface area contributed by atoms with E-state index in [1.807, 2.05) is 0 Å². The van der Waals surface area contributed by atoms with E-state index in [2.05, 4.69) is 10.6 Å². The minimum atomic E-state index is -0.520. The molecule has 2 aromatic carbocycles. The van der Waals surface area contributed by atoms with Gasteiger partial charge in [-0.2, -0.15) is 0 Å². The lowest BCUT2D eigenvalue weighted by Gasteiger charge is -2.29. The summed E-state index contributed by atoms with van der Waals surface area (Å²) >= 11 is 0. The number of likely N-dealkylation sites (tertiary alicyclic amines) is 1. The van der Waals surface area contributed by atoms with Gasteiger partial charge in [0.15, 0.2) is 18.0 Å². The molecule has 0 aromatic heterocycles. The average Bonchev–Trinajstić information content (AvgIpc) is 2.75. The monoisotopic (exact) mass is 414 g/mol. The number of benzene rings is 2. The molecule has 7 nitrogen and oxygen atoms in total. The second-order valence-corrected chi connectivity index (χ2v) is 7.56. The van der Waals surface area contributed by atoms with Gasteiger partial charge in [-0.25, -0.2) is 4.39 Å². The van der Waals surface area contributed by atoms with Crippen molar-refractivity contribution in [3.63, 3.8) is 0 Å². The summed E-state index contributed by atoms with van der Waals surface area (Å²) < 4.78 is 24.8. The standard InChI is InChI=1S/C22H24FN3O4/c23-18-4-2-1-3-17(18)22(28)25-15-7-9-26(10-8-15)14-21(27)24-16-5-6-19-20(13-16)30-12-11-29-19/h1-6,13,15H,7-12,14H2,(H,24,27)(H,25,28)/p+1. The van der Waals surface area contributed by atoms with Crippen molar-refractivity contribution in [2.45, 2.75) is 18.9 Å². The van der Waals surface area contributed by atoms with E-state index in [0.29, 0.717) is 36.9 Å². The predicted molar refractivity (Wildman–Crippen MR) is 109 cm³/mol. The molecule has 0 spiro atoms. The first kappa shape index (κ1) is 20.2. The minimum Gasteiger partial charge on any atom is -0.486 e. The number of halogens is 1. The van der Waals surface area contributed by atoms with Crippen LogP contribution in [0, 0.1) is 5.82 Å². The molecule has 2 aliphatic rings. The molecule has 0 saturated carbocycles. The zero-order valence-electron chi connectivity index (χ0n) is 16.6. The van der Waals surface area contributed by atoms with Gasteiger partial charge in [0.25, 0.3) is 11.8 Å². The zero-order valence-corrected chi connectivity index (χ0v) is 16.6. The van der Waals surface area contributed by atoms with E-state index in [4.69, 9.17) is 9.47 Å². The highest BCUT2D eigenvalue weighted by molar-refractivity contribution is 5.94. The van der Waals surface area contributed by atoms with Crippen LogP contribution in [0.25, 0.3) is 0 Å². The van der Waals surface area contributed by atoms with Gasteiger partial charge in [-0.3, -0.25) is 9.59 Å². The Labute approximate surface area is 174 Å². The summed E-state index contributed by atoms with van der Waals surface area (Å²) in [6.45, 7) is 2.89. The molecule has 0 aliphatic carbocycles. The van der Waals surface area contributed by atoms with Crippen LogP contribution in [-0.2, 0) is 4.79 Å². The highest BCUT2D eigenvalue weighted by Gasteiger charge is 2.26.